The normalized spacial score (nSPS) is 28.2. The van der Waals surface area contributed by atoms with Gasteiger partial charge in [-0.1, -0.05) is 149 Å². The molecule has 1 aliphatic heterocycles. The van der Waals surface area contributed by atoms with Gasteiger partial charge in [-0.3, -0.25) is 9.59 Å². The van der Waals surface area contributed by atoms with Gasteiger partial charge in [0.2, 0.25) is 0 Å². The molecule has 8 rings (SSSR count). The van der Waals surface area contributed by atoms with Crippen LogP contribution in [0, 0.1) is 16.7 Å². The summed E-state index contributed by atoms with van der Waals surface area (Å²) < 4.78 is 45.2. The van der Waals surface area contributed by atoms with Gasteiger partial charge in [0.05, 0.1) is 29.6 Å². The van der Waals surface area contributed by atoms with Crippen molar-refractivity contribution >= 4 is 43.9 Å². The Balaban J connectivity index is 1.33. The van der Waals surface area contributed by atoms with Crippen molar-refractivity contribution in [3.05, 3.63) is 155 Å². The minimum atomic E-state index is -2.70. The lowest BCUT2D eigenvalue weighted by Crippen LogP contribution is -2.82. The number of carbonyl (C=O) groups is 5. The summed E-state index contributed by atoms with van der Waals surface area (Å²) in [4.78, 5) is 79.9. The number of hydrogen-bond acceptors (Lipinski definition) is 16. The second-order valence-electron chi connectivity index (χ2n) is 21.1. The summed E-state index contributed by atoms with van der Waals surface area (Å²) in [6.45, 7) is 13.3. The zero-order valence-electron chi connectivity index (χ0n) is 44.4. The van der Waals surface area contributed by atoms with Crippen LogP contribution in [0.1, 0.15) is 95.3 Å². The Morgan fingerprint density at radius 2 is 1.33 bits per heavy atom. The van der Waals surface area contributed by atoms with E-state index < -0.39 is 109 Å². The highest BCUT2D eigenvalue weighted by Gasteiger charge is 2.79. The topological polar surface area (TPSA) is 212 Å². The number of carbonyl (C=O) groups excluding carboxylic acids is 5. The second-order valence-corrected chi connectivity index (χ2v) is 25.8. The molecule has 4 aromatic rings. The van der Waals surface area contributed by atoms with Crippen LogP contribution in [0.3, 0.4) is 0 Å². The van der Waals surface area contributed by atoms with Crippen LogP contribution in [-0.4, -0.2) is 109 Å². The molecule has 0 radical (unpaired) electrons. The number of aliphatic hydroxyl groups excluding tert-OH is 1. The Hall–Kier alpha value is -6.50. The van der Waals surface area contributed by atoms with Gasteiger partial charge in [-0.25, -0.2) is 14.4 Å². The number of Topliss-reactive ketones (excluding diaryl/α,β-unsaturated/α-hetero) is 1. The van der Waals surface area contributed by atoms with Gasteiger partial charge in [0.15, 0.2) is 31.9 Å². The van der Waals surface area contributed by atoms with E-state index in [0.717, 1.165) is 5.56 Å². The Bertz CT molecular complexity index is 2800. The minimum absolute atomic E-state index is 0.00635. The monoisotopic (exact) mass is 1060 g/mol. The van der Waals surface area contributed by atoms with Crippen molar-refractivity contribution in [2.45, 2.75) is 147 Å². The summed E-state index contributed by atoms with van der Waals surface area (Å²) in [5.74, 6) is -5.03. The van der Waals surface area contributed by atoms with Gasteiger partial charge in [-0.05, 0) is 66.4 Å². The van der Waals surface area contributed by atoms with Crippen LogP contribution in [-0.2, 0) is 65.3 Å². The highest BCUT2D eigenvalue weighted by molar-refractivity contribution is 6.73. The molecule has 0 amide bonds. The van der Waals surface area contributed by atoms with E-state index in [2.05, 4.69) is 5.16 Å². The lowest BCUT2D eigenvalue weighted by Gasteiger charge is -2.68. The van der Waals surface area contributed by atoms with E-state index in [1.807, 2.05) is 57.2 Å². The summed E-state index contributed by atoms with van der Waals surface area (Å²) in [5.41, 5.74) is -5.87. The number of esters is 3. The predicted octanol–water partition coefficient (Wildman–Crippen LogP) is 9.01. The number of oxime groups is 1. The molecule has 3 fully saturated rings. The van der Waals surface area contributed by atoms with E-state index in [4.69, 9.17) is 37.7 Å². The van der Waals surface area contributed by atoms with Crippen molar-refractivity contribution < 1.29 is 71.9 Å². The van der Waals surface area contributed by atoms with Crippen molar-refractivity contribution in [2.75, 3.05) is 6.61 Å². The van der Waals surface area contributed by atoms with E-state index >= 15 is 4.79 Å². The third-order valence-corrected chi connectivity index (χ3v) is 21.3. The lowest BCUT2D eigenvalue weighted by atomic mass is 9.44. The molecule has 2 bridgehead atoms. The van der Waals surface area contributed by atoms with Crippen molar-refractivity contribution in [1.29, 1.82) is 0 Å². The number of fused-ring (bicyclic) bond motifs is 5. The summed E-state index contributed by atoms with van der Waals surface area (Å²) in [7, 11) is -2.70. The van der Waals surface area contributed by atoms with Crippen molar-refractivity contribution in [3.63, 3.8) is 0 Å². The van der Waals surface area contributed by atoms with E-state index in [9.17, 15) is 29.4 Å². The SMILES string of the molecule is CC[Si](CC)(CC)O[C@H]1C[C@H]2OC[C@@]2(OC(C)=O)[C@H]2[C@H](OC(=O)c3ccccc3)[C@]3(O)C[C@H](OC(=O)[C@H](O)/C(=N/OCc4ccccc4)c4ccccc4)C(C)=C([C@@H](OC(=O)OCc4ccccc4)C(=O)[C@]12C)C3(C)C. The van der Waals surface area contributed by atoms with Crippen LogP contribution >= 0.6 is 0 Å². The molecule has 1 saturated heterocycles. The zero-order valence-corrected chi connectivity index (χ0v) is 45.4. The van der Waals surface area contributed by atoms with Crippen molar-refractivity contribution in [3.8, 4) is 0 Å². The molecular weight excluding hydrogens is 991 g/mol. The van der Waals surface area contributed by atoms with E-state index in [1.54, 1.807) is 113 Å². The van der Waals surface area contributed by atoms with Crippen LogP contribution in [0.5, 0.6) is 0 Å². The summed E-state index contributed by atoms with van der Waals surface area (Å²) >= 11 is 0. The fraction of sp³-hybridized carbons (Fsp3) is 0.458. The zero-order chi connectivity index (χ0) is 54.6. The highest BCUT2D eigenvalue weighted by Crippen LogP contribution is 2.65. The molecule has 17 heteroatoms. The molecule has 404 valence electrons. The van der Waals surface area contributed by atoms with Gasteiger partial charge >= 0.3 is 24.1 Å². The average Bonchev–Trinajstić information content (AvgIpc) is 3.61. The number of ketones is 1. The maximum Gasteiger partial charge on any atom is 0.509 e. The molecule has 4 aromatic carbocycles. The summed E-state index contributed by atoms with van der Waals surface area (Å²) in [6, 6.07) is 36.6. The Morgan fingerprint density at radius 3 is 1.87 bits per heavy atom. The average molecular weight is 1060 g/mol. The van der Waals surface area contributed by atoms with E-state index in [-0.39, 0.29) is 48.7 Å². The third kappa shape index (κ3) is 10.4. The molecule has 0 spiro atoms. The van der Waals surface area contributed by atoms with E-state index in [1.165, 1.54) is 6.92 Å². The van der Waals surface area contributed by atoms with Gasteiger partial charge in [-0.15, -0.1) is 0 Å². The van der Waals surface area contributed by atoms with Crippen molar-refractivity contribution in [2.24, 2.45) is 21.9 Å². The standard InChI is InChI=1S/C59H69NO15Si/c1-9-76(10-2,11-3)75-44-32-45-58(36-69-45,74-38(5)61)50-52(73-53(64)42-30-22-15-23-31-42)59(67)33-43(71-54(65)48(62)47(41-28-20-14-21-29-41)60-70-35-40-26-18-13-19-27-40)37(4)46(56(59,6)7)49(51(63)57(44,50)8)72-55(66)68-34-39-24-16-12-17-25-39/h12-31,43-45,48-50,52,62,67H,9-11,32-36H2,1-8H3/b60-47+/t43-,44-,45+,48+,49+,50-,52-,57+,58-,59+/m0/s1. The molecule has 0 unspecified atom stereocenters. The van der Waals surface area contributed by atoms with Crippen LogP contribution in [0.4, 0.5) is 4.79 Å². The Kier molecular flexibility index (Phi) is 16.6. The predicted molar refractivity (Wildman–Crippen MR) is 281 cm³/mol. The number of hydrogen-bond donors (Lipinski definition) is 2. The van der Waals surface area contributed by atoms with Crippen molar-refractivity contribution in [1.82, 2.24) is 0 Å². The molecule has 2 N–H and O–H groups in total. The fourth-order valence-corrected chi connectivity index (χ4v) is 15.0. The number of benzene rings is 4. The smallest absolute Gasteiger partial charge is 0.456 e. The summed E-state index contributed by atoms with van der Waals surface area (Å²) in [6.07, 6.45) is -10.9. The summed E-state index contributed by atoms with van der Waals surface area (Å²) in [5, 5.41) is 30.5. The molecule has 3 aliphatic carbocycles. The molecule has 16 nitrogen and oxygen atoms in total. The molecule has 4 aliphatic rings. The third-order valence-electron chi connectivity index (χ3n) is 16.7. The maximum absolute atomic E-state index is 16.7. The first-order valence-electron chi connectivity index (χ1n) is 26.1. The van der Waals surface area contributed by atoms with Gasteiger partial charge in [-0.2, -0.15) is 0 Å². The molecule has 10 atom stereocenters. The number of nitrogens with zero attached hydrogens (tertiary/aromatic N) is 1. The van der Waals surface area contributed by atoms with Gasteiger partial charge in [0.25, 0.3) is 0 Å². The largest absolute Gasteiger partial charge is 0.509 e. The van der Waals surface area contributed by atoms with Gasteiger partial charge in [0, 0.05) is 30.7 Å². The van der Waals surface area contributed by atoms with Crippen LogP contribution in [0.15, 0.2) is 138 Å². The molecule has 2 saturated carbocycles. The van der Waals surface area contributed by atoms with Gasteiger partial charge < -0.3 is 47.9 Å². The van der Waals surface area contributed by atoms with E-state index in [0.29, 0.717) is 29.3 Å². The first-order valence-corrected chi connectivity index (χ1v) is 28.6. The highest BCUT2D eigenvalue weighted by atomic mass is 28.4. The fourth-order valence-electron chi connectivity index (χ4n) is 12.1. The molecule has 0 aromatic heterocycles. The number of rotatable bonds is 18. The molecule has 1 heterocycles. The Morgan fingerprint density at radius 1 is 0.776 bits per heavy atom. The molecule has 76 heavy (non-hydrogen) atoms. The van der Waals surface area contributed by atoms with Crippen LogP contribution < -0.4 is 0 Å². The second kappa shape index (κ2) is 22.6. The number of aliphatic hydroxyl groups is 2. The lowest BCUT2D eigenvalue weighted by molar-refractivity contribution is -0.344. The first kappa shape index (κ1) is 55.7. The number of ether oxygens (including phenoxy) is 6. The quantitative estimate of drug-likeness (QED) is 0.0238. The molecular formula is C59H69NO15Si. The minimum Gasteiger partial charge on any atom is -0.456 e. The maximum atomic E-state index is 16.7. The van der Waals surface area contributed by atoms with Gasteiger partial charge in [0.1, 0.15) is 42.8 Å². The Labute approximate surface area is 444 Å². The van der Waals surface area contributed by atoms with Crippen LogP contribution in [0.2, 0.25) is 18.1 Å². The first-order chi connectivity index (χ1) is 36.3. The van der Waals surface area contributed by atoms with Crippen LogP contribution in [0.25, 0.3) is 0 Å².